The van der Waals surface area contributed by atoms with E-state index in [1.54, 1.807) is 35.4 Å². The molecule has 0 bridgehead atoms. The summed E-state index contributed by atoms with van der Waals surface area (Å²) in [6.07, 6.45) is 1.79. The van der Waals surface area contributed by atoms with Gasteiger partial charge in [-0.3, -0.25) is 9.59 Å². The molecule has 0 aromatic carbocycles. The van der Waals surface area contributed by atoms with E-state index in [1.165, 1.54) is 41.9 Å². The Morgan fingerprint density at radius 1 is 0.622 bits per heavy atom. The Morgan fingerprint density at radius 3 is 0.865 bits per heavy atom. The first-order valence-electron chi connectivity index (χ1n) is 12.2. The third kappa shape index (κ3) is 518. The van der Waals surface area contributed by atoms with E-state index in [2.05, 4.69) is 53.6 Å². The molecule has 0 rings (SSSR count). The van der Waals surface area contributed by atoms with Gasteiger partial charge in [0.05, 0.1) is 7.11 Å². The first-order chi connectivity index (χ1) is 16.8. The predicted molar refractivity (Wildman–Crippen MR) is 155 cm³/mol. The topological polar surface area (TPSA) is 114 Å². The monoisotopic (exact) mass is 544 g/mol. The highest BCUT2D eigenvalue weighted by molar-refractivity contribution is 5.76. The van der Waals surface area contributed by atoms with Gasteiger partial charge in [-0.05, 0) is 46.5 Å². The third-order valence-electron chi connectivity index (χ3n) is 1.83. The first kappa shape index (κ1) is 55.7. The summed E-state index contributed by atoms with van der Waals surface area (Å²) in [4.78, 5) is 38.8. The Bertz CT molecular complexity index is 402. The Balaban J connectivity index is -0.0000000436. The molecule has 9 heteroatoms. The molecule has 9 nitrogen and oxygen atoms in total. The van der Waals surface area contributed by atoms with Crippen LogP contribution in [0.4, 0.5) is 0 Å². The molecule has 0 N–H and O–H groups in total. The number of Topliss-reactive ketones (excluding diaryl/α,β-unsaturated/α-hetero) is 3. The van der Waals surface area contributed by atoms with Gasteiger partial charge in [-0.2, -0.15) is 0 Å². The van der Waals surface area contributed by atoms with Crippen molar-refractivity contribution >= 4 is 23.3 Å². The second-order valence-corrected chi connectivity index (χ2v) is 8.77. The van der Waals surface area contributed by atoms with Crippen LogP contribution in [0, 0.1) is 5.41 Å². The van der Waals surface area contributed by atoms with Crippen LogP contribution in [0.1, 0.15) is 95.9 Å². The number of hydrogen-bond acceptors (Lipinski definition) is 9. The van der Waals surface area contributed by atoms with Gasteiger partial charge < -0.3 is 33.3 Å². The van der Waals surface area contributed by atoms with Gasteiger partial charge >= 0.3 is 5.97 Å². The SMILES string of the molecule is CC(C)(C)C.CC(C)=O.CCC(C)=O.CCCOC.CCOC.COC.COC(C)=O.COCC(C)=O. The molecule has 0 saturated carbocycles. The minimum atomic E-state index is -0.245. The lowest BCUT2D eigenvalue weighted by molar-refractivity contribution is -0.138. The van der Waals surface area contributed by atoms with E-state index in [0.717, 1.165) is 19.6 Å². The number of ketones is 3. The summed E-state index contributed by atoms with van der Waals surface area (Å²) in [5.74, 6) is 0.243. The van der Waals surface area contributed by atoms with E-state index in [9.17, 15) is 19.2 Å². The van der Waals surface area contributed by atoms with Crippen molar-refractivity contribution in [3.05, 3.63) is 0 Å². The molecule has 230 valence electrons. The van der Waals surface area contributed by atoms with E-state index in [1.807, 2.05) is 13.8 Å². The van der Waals surface area contributed by atoms with E-state index in [0.29, 0.717) is 11.8 Å². The number of carbonyl (C=O) groups is 4. The van der Waals surface area contributed by atoms with Crippen molar-refractivity contribution in [2.24, 2.45) is 5.41 Å². The molecule has 0 aromatic rings. The number of esters is 1. The molecular formula is C28H64O9. The minimum Gasteiger partial charge on any atom is -0.469 e. The van der Waals surface area contributed by atoms with Gasteiger partial charge in [-0.15, -0.1) is 0 Å². The Kier molecular flexibility index (Phi) is 82.9. The van der Waals surface area contributed by atoms with E-state index in [4.69, 9.17) is 4.74 Å². The van der Waals surface area contributed by atoms with Crippen molar-refractivity contribution < 1.29 is 42.9 Å². The van der Waals surface area contributed by atoms with Crippen LogP contribution in [0.2, 0.25) is 0 Å². The van der Waals surface area contributed by atoms with Crippen LogP contribution >= 0.6 is 0 Å². The van der Waals surface area contributed by atoms with E-state index < -0.39 is 0 Å². The van der Waals surface area contributed by atoms with Crippen molar-refractivity contribution in [3.8, 4) is 0 Å². The van der Waals surface area contributed by atoms with Gasteiger partial charge in [0, 0.05) is 62.1 Å². The number of hydrogen-bond donors (Lipinski definition) is 0. The maximum atomic E-state index is 9.92. The highest BCUT2D eigenvalue weighted by Crippen LogP contribution is 2.08. The fourth-order valence-corrected chi connectivity index (χ4v) is 0.407. The number of ether oxygens (including phenoxy) is 5. The first-order valence-corrected chi connectivity index (χ1v) is 12.2. The van der Waals surface area contributed by atoms with Crippen LogP contribution in [0.25, 0.3) is 0 Å². The fraction of sp³-hybridized carbons (Fsp3) is 0.857. The normalized spacial score (nSPS) is 8.05. The van der Waals surface area contributed by atoms with Crippen LogP contribution in [-0.2, 0) is 42.9 Å². The molecule has 0 atom stereocenters. The number of carbonyl (C=O) groups excluding carboxylic acids is 4. The molecule has 0 radical (unpaired) electrons. The van der Waals surface area contributed by atoms with Gasteiger partial charge in [0.25, 0.3) is 0 Å². The maximum absolute atomic E-state index is 9.92. The standard InChI is InChI=1S/C5H12.C4H8O2.C4H10O.C4H8O.C3H6O2.C3H8O.C3H6O.C2H6O/c1-5(2,3)4;1-4(5)3-6-2;1-3-4-5-2;1-3-4(2)5;1-3(4)5-2;1-3-4-2;1-3(2)4;1-3-2/h1-4H3;3H2,1-2H3;3-4H2,1-2H3;3H2,1-2H3;1-2H3;3H2,1-2H3;1-2H3;1-2H3. The highest BCUT2D eigenvalue weighted by Gasteiger charge is 1.95. The van der Waals surface area contributed by atoms with Crippen molar-refractivity contribution in [1.29, 1.82) is 0 Å². The second kappa shape index (κ2) is 55.0. The zero-order valence-corrected chi connectivity index (χ0v) is 27.7. The van der Waals surface area contributed by atoms with Crippen LogP contribution in [0.5, 0.6) is 0 Å². The molecule has 0 aliphatic heterocycles. The van der Waals surface area contributed by atoms with Crippen LogP contribution in [-0.4, -0.2) is 85.8 Å². The molecule has 0 aromatic heterocycles. The van der Waals surface area contributed by atoms with Gasteiger partial charge in [0.15, 0.2) is 5.78 Å². The lowest BCUT2D eigenvalue weighted by Gasteiger charge is -2.05. The molecule has 0 unspecified atom stereocenters. The quantitative estimate of drug-likeness (QED) is 0.372. The maximum Gasteiger partial charge on any atom is 0.302 e. The highest BCUT2D eigenvalue weighted by atomic mass is 16.5. The summed E-state index contributed by atoms with van der Waals surface area (Å²) >= 11 is 0. The van der Waals surface area contributed by atoms with Crippen molar-refractivity contribution in [3.63, 3.8) is 0 Å². The average Bonchev–Trinajstić information content (AvgIpc) is 2.74. The molecule has 0 amide bonds. The fourth-order valence-electron chi connectivity index (χ4n) is 0.407. The Labute approximate surface area is 230 Å². The summed E-state index contributed by atoms with van der Waals surface area (Å²) in [6, 6.07) is 0. The summed E-state index contributed by atoms with van der Waals surface area (Å²) in [6.45, 7) is 24.1. The average molecular weight is 545 g/mol. The van der Waals surface area contributed by atoms with Crippen molar-refractivity contribution in [1.82, 2.24) is 0 Å². The molecule has 0 saturated heterocycles. The van der Waals surface area contributed by atoms with Crippen molar-refractivity contribution in [2.45, 2.75) is 95.9 Å². The Morgan fingerprint density at radius 2 is 0.865 bits per heavy atom. The van der Waals surface area contributed by atoms with Gasteiger partial charge in [-0.25, -0.2) is 0 Å². The van der Waals surface area contributed by atoms with Crippen molar-refractivity contribution in [2.75, 3.05) is 62.5 Å². The zero-order chi connectivity index (χ0) is 31.9. The molecular weight excluding hydrogens is 480 g/mol. The largest absolute Gasteiger partial charge is 0.469 e. The molecule has 0 aliphatic rings. The Hall–Kier alpha value is -1.68. The van der Waals surface area contributed by atoms with Crippen LogP contribution < -0.4 is 0 Å². The third-order valence-corrected chi connectivity index (χ3v) is 1.83. The molecule has 0 fully saturated rings. The molecule has 0 heterocycles. The summed E-state index contributed by atoms with van der Waals surface area (Å²) in [7, 11) is 9.49. The second-order valence-electron chi connectivity index (χ2n) is 8.77. The van der Waals surface area contributed by atoms with Gasteiger partial charge in [0.1, 0.15) is 18.2 Å². The zero-order valence-electron chi connectivity index (χ0n) is 27.7. The molecule has 0 aliphatic carbocycles. The van der Waals surface area contributed by atoms with Crippen LogP contribution in [0.15, 0.2) is 0 Å². The lowest BCUT2D eigenvalue weighted by Crippen LogP contribution is -1.98. The van der Waals surface area contributed by atoms with E-state index in [-0.39, 0.29) is 29.9 Å². The predicted octanol–water partition coefficient (Wildman–Crippen LogP) is 5.99. The van der Waals surface area contributed by atoms with E-state index >= 15 is 0 Å². The molecule has 0 spiro atoms. The number of methoxy groups -OCH3 is 5. The smallest absolute Gasteiger partial charge is 0.302 e. The van der Waals surface area contributed by atoms with Gasteiger partial charge in [0.2, 0.25) is 0 Å². The van der Waals surface area contributed by atoms with Gasteiger partial charge in [-0.1, -0.05) is 41.5 Å². The minimum absolute atomic E-state index is 0.0671. The number of rotatable bonds is 6. The summed E-state index contributed by atoms with van der Waals surface area (Å²) in [5.41, 5.74) is 0.500. The lowest BCUT2D eigenvalue weighted by atomic mass is 10.0. The molecule has 37 heavy (non-hydrogen) atoms. The summed E-state index contributed by atoms with van der Waals surface area (Å²) in [5, 5.41) is 0. The summed E-state index contributed by atoms with van der Waals surface area (Å²) < 4.78 is 22.0. The van der Waals surface area contributed by atoms with Crippen LogP contribution in [0.3, 0.4) is 0 Å².